The highest BCUT2D eigenvalue weighted by atomic mass is 16.6. The standard InChI is InChI=1S/2C18H22N2O7.C18H22N2O6.CH4/c2*1-9(21)26-10-5-6-12-11(7-10)18(25)8-13(14(22)23)20(15(18)19-12)16(24)27-17(2,3)4;1-10(21)25-12-5-6-14-13(8-12)11(9-19-14)7-15(16(22)23)20-17(24)26-18(2,3)4;/h2*5-7,13,15,19,25H,8H2,1-4H3,(H,22,23);5-6,8-9,15,19H,7H2,1-4H3,(H,20,24)(H,22,23);1H4/t13-,15+,18-;13-,15-,18+;15-;/m000./s1. The Balaban J connectivity index is 0.000000222. The van der Waals surface area contributed by atoms with Crippen LogP contribution in [0.15, 0.2) is 60.8 Å². The molecule has 440 valence electrons. The molecule has 26 heteroatoms. The molecule has 2 saturated heterocycles. The van der Waals surface area contributed by atoms with Gasteiger partial charge in [-0.15, -0.1) is 0 Å². The van der Waals surface area contributed by atoms with Gasteiger partial charge in [0.15, 0.2) is 0 Å². The number of rotatable bonds is 9. The quantitative estimate of drug-likeness (QED) is 0.0488. The summed E-state index contributed by atoms with van der Waals surface area (Å²) in [6.45, 7) is 18.9. The number of anilines is 2. The molecule has 2 fully saturated rings. The molecule has 7 atom stereocenters. The molecule has 9 N–H and O–H groups in total. The normalized spacial score (nSPS) is 21.4. The lowest BCUT2D eigenvalue weighted by atomic mass is 9.91. The minimum atomic E-state index is -1.66. The predicted molar refractivity (Wildman–Crippen MR) is 287 cm³/mol. The number of hydrogen-bond donors (Lipinski definition) is 9. The second-order valence-electron chi connectivity index (χ2n) is 22.3. The Morgan fingerprint density at radius 3 is 1.35 bits per heavy atom. The average Bonchev–Trinajstić information content (AvgIpc) is 2.93. The summed E-state index contributed by atoms with van der Waals surface area (Å²) < 4.78 is 30.9. The second kappa shape index (κ2) is 23.6. The van der Waals surface area contributed by atoms with Crippen LogP contribution in [0, 0.1) is 0 Å². The number of benzene rings is 3. The lowest BCUT2D eigenvalue weighted by molar-refractivity contribution is -0.143. The Hall–Kier alpha value is -8.65. The van der Waals surface area contributed by atoms with Gasteiger partial charge in [-0.25, -0.2) is 28.8 Å². The largest absolute Gasteiger partial charge is 0.480 e. The summed E-state index contributed by atoms with van der Waals surface area (Å²) in [6.07, 6.45) is -3.26. The molecule has 8 rings (SSSR count). The van der Waals surface area contributed by atoms with Gasteiger partial charge in [-0.2, -0.15) is 0 Å². The number of carboxylic acids is 3. The third kappa shape index (κ3) is 14.8. The predicted octanol–water partition coefficient (Wildman–Crippen LogP) is 6.54. The van der Waals surface area contributed by atoms with E-state index in [1.807, 2.05) is 0 Å². The number of nitrogens with zero attached hydrogens (tertiary/aromatic N) is 2. The van der Waals surface area contributed by atoms with Gasteiger partial charge in [0.2, 0.25) is 0 Å². The summed E-state index contributed by atoms with van der Waals surface area (Å²) >= 11 is 0. The maximum atomic E-state index is 12.6. The number of carboxylic acid groups (broad SMARTS) is 3. The first kappa shape index (κ1) is 63.2. The first-order valence-electron chi connectivity index (χ1n) is 25.0. The Labute approximate surface area is 465 Å². The minimum Gasteiger partial charge on any atom is -0.480 e. The molecule has 0 aliphatic carbocycles. The molecule has 0 radical (unpaired) electrons. The lowest BCUT2D eigenvalue weighted by Gasteiger charge is -2.31. The topological polar surface area (TPSA) is 369 Å². The van der Waals surface area contributed by atoms with E-state index in [0.29, 0.717) is 39.2 Å². The molecular formula is C55H70N6O20. The van der Waals surface area contributed by atoms with E-state index >= 15 is 0 Å². The highest BCUT2D eigenvalue weighted by molar-refractivity contribution is 5.88. The number of alkyl carbamates (subject to hydrolysis) is 1. The number of likely N-dealkylation sites (tertiary alicyclic amines) is 2. The van der Waals surface area contributed by atoms with Gasteiger partial charge in [-0.1, -0.05) is 7.43 Å². The van der Waals surface area contributed by atoms with Crippen molar-refractivity contribution in [3.8, 4) is 17.2 Å². The van der Waals surface area contributed by atoms with Gasteiger partial charge in [0.25, 0.3) is 0 Å². The molecule has 81 heavy (non-hydrogen) atoms. The fraction of sp³-hybridized carbons (Fsp3) is 0.473. The molecule has 26 nitrogen and oxygen atoms in total. The van der Waals surface area contributed by atoms with E-state index in [9.17, 15) is 68.7 Å². The van der Waals surface area contributed by atoms with Crippen LogP contribution in [0.1, 0.15) is 120 Å². The summed E-state index contributed by atoms with van der Waals surface area (Å²) in [5, 5.41) is 60.1. The number of carbonyl (C=O) groups excluding carboxylic acids is 6. The summed E-state index contributed by atoms with van der Waals surface area (Å²) in [5.74, 6) is -4.36. The van der Waals surface area contributed by atoms with Crippen molar-refractivity contribution in [1.82, 2.24) is 20.1 Å². The molecule has 0 spiro atoms. The molecule has 0 saturated carbocycles. The molecule has 4 aliphatic heterocycles. The van der Waals surface area contributed by atoms with Crippen molar-refractivity contribution in [3.63, 3.8) is 0 Å². The monoisotopic (exact) mass is 1130 g/mol. The van der Waals surface area contributed by atoms with Crippen LogP contribution < -0.4 is 30.2 Å². The van der Waals surface area contributed by atoms with E-state index in [0.717, 1.165) is 15.3 Å². The molecule has 4 aliphatic rings. The number of aromatic nitrogens is 1. The maximum absolute atomic E-state index is 12.6. The number of amides is 3. The Morgan fingerprint density at radius 2 is 0.988 bits per heavy atom. The van der Waals surface area contributed by atoms with E-state index in [-0.39, 0.29) is 38.2 Å². The molecule has 3 aromatic carbocycles. The number of H-pyrrole nitrogens is 1. The van der Waals surface area contributed by atoms with Crippen molar-refractivity contribution in [3.05, 3.63) is 77.5 Å². The molecule has 4 aromatic rings. The van der Waals surface area contributed by atoms with Crippen molar-refractivity contribution in [2.24, 2.45) is 0 Å². The second-order valence-corrected chi connectivity index (χ2v) is 22.3. The zero-order chi connectivity index (χ0) is 59.8. The van der Waals surface area contributed by atoms with Crippen molar-refractivity contribution in [2.45, 2.75) is 168 Å². The van der Waals surface area contributed by atoms with Gasteiger partial charge in [0, 0.05) is 79.6 Å². The van der Waals surface area contributed by atoms with Crippen LogP contribution >= 0.6 is 0 Å². The average molecular weight is 1140 g/mol. The van der Waals surface area contributed by atoms with E-state index in [1.165, 1.54) is 32.9 Å². The number of hydrogen-bond acceptors (Lipinski definition) is 19. The van der Waals surface area contributed by atoms with Crippen molar-refractivity contribution in [1.29, 1.82) is 0 Å². The van der Waals surface area contributed by atoms with Gasteiger partial charge in [-0.05, 0) is 122 Å². The van der Waals surface area contributed by atoms with Crippen LogP contribution in [-0.2, 0) is 60.6 Å². The molecule has 3 amide bonds. The fourth-order valence-corrected chi connectivity index (χ4v) is 9.42. The number of fused-ring (bicyclic) bond motifs is 7. The zero-order valence-electron chi connectivity index (χ0n) is 46.0. The number of aromatic amines is 1. The van der Waals surface area contributed by atoms with E-state index in [1.54, 1.807) is 111 Å². The third-order valence-corrected chi connectivity index (χ3v) is 12.4. The van der Waals surface area contributed by atoms with Crippen LogP contribution in [0.5, 0.6) is 17.2 Å². The minimum absolute atomic E-state index is 0. The van der Waals surface area contributed by atoms with E-state index < -0.39 is 113 Å². The maximum Gasteiger partial charge on any atom is 0.412 e. The summed E-state index contributed by atoms with van der Waals surface area (Å²) in [5.41, 5.74) is -2.50. The van der Waals surface area contributed by atoms with Crippen LogP contribution in [0.3, 0.4) is 0 Å². The Kier molecular flexibility index (Phi) is 18.4. The summed E-state index contributed by atoms with van der Waals surface area (Å²) in [6, 6.07) is 10.6. The number of aliphatic carboxylic acids is 3. The number of carbonyl (C=O) groups is 9. The van der Waals surface area contributed by atoms with Crippen molar-refractivity contribution < 1.29 is 97.1 Å². The van der Waals surface area contributed by atoms with E-state index in [4.69, 9.17) is 28.4 Å². The first-order chi connectivity index (χ1) is 36.9. The van der Waals surface area contributed by atoms with Crippen LogP contribution in [-0.4, -0.2) is 142 Å². The van der Waals surface area contributed by atoms with Gasteiger partial charge in [0.05, 0.1) is 0 Å². The summed E-state index contributed by atoms with van der Waals surface area (Å²) in [4.78, 5) is 111. The van der Waals surface area contributed by atoms with Crippen molar-refractivity contribution in [2.75, 3.05) is 10.6 Å². The van der Waals surface area contributed by atoms with Crippen molar-refractivity contribution >= 4 is 76.4 Å². The molecular weight excluding hydrogens is 1060 g/mol. The Morgan fingerprint density at radius 1 is 0.605 bits per heavy atom. The molecule has 0 unspecified atom stereocenters. The van der Waals surface area contributed by atoms with Gasteiger partial charge in [-0.3, -0.25) is 24.2 Å². The highest BCUT2D eigenvalue weighted by Gasteiger charge is 2.63. The smallest absolute Gasteiger partial charge is 0.412 e. The number of esters is 3. The zero-order valence-corrected chi connectivity index (χ0v) is 46.0. The van der Waals surface area contributed by atoms with Crippen LogP contribution in [0.4, 0.5) is 25.8 Å². The third-order valence-electron chi connectivity index (χ3n) is 12.4. The number of nitrogens with one attached hydrogen (secondary N) is 4. The number of ether oxygens (including phenoxy) is 6. The van der Waals surface area contributed by atoms with Crippen LogP contribution in [0.2, 0.25) is 0 Å². The molecule has 0 bridgehead atoms. The molecule has 5 heterocycles. The highest BCUT2D eigenvalue weighted by Crippen LogP contribution is 2.52. The van der Waals surface area contributed by atoms with Gasteiger partial charge >= 0.3 is 54.1 Å². The lowest BCUT2D eigenvalue weighted by Crippen LogP contribution is -2.51. The fourth-order valence-electron chi connectivity index (χ4n) is 9.42. The number of aliphatic hydroxyl groups is 2. The van der Waals surface area contributed by atoms with E-state index in [2.05, 4.69) is 20.9 Å². The first-order valence-corrected chi connectivity index (χ1v) is 25.0. The SMILES string of the molecule is C.CC(=O)Oc1ccc2[nH]cc(C[C@H](NC(=O)OC(C)(C)C)C(=O)O)c2c1.CC(=O)Oc1ccc2c(c1)[C@@]1(O)C[C@@H](C(=O)O)N(C(=O)OC(C)(C)C)[C@H]1N2.CC(=O)Oc1ccc2c(c1)[C@]1(O)C[C@@H](C(=O)O)N(C(=O)OC(C)(C)C)[C@@H]1N2. The van der Waals surface area contributed by atoms with Crippen LogP contribution in [0.25, 0.3) is 10.9 Å². The Bertz CT molecular complexity index is 2980. The summed E-state index contributed by atoms with van der Waals surface area (Å²) in [7, 11) is 0. The van der Waals surface area contributed by atoms with Gasteiger partial charge < -0.3 is 74.9 Å². The van der Waals surface area contributed by atoms with Gasteiger partial charge in [0.1, 0.15) is 75.7 Å². The molecule has 1 aromatic heterocycles.